The van der Waals surface area contributed by atoms with Crippen molar-refractivity contribution in [3.8, 4) is 0 Å². The topological polar surface area (TPSA) is 38.1 Å². The number of imidazole rings is 1. The second kappa shape index (κ2) is 3.59. The average Bonchev–Trinajstić information content (AvgIpc) is 2.59. The Balaban J connectivity index is 2.30. The molecule has 3 heteroatoms. The normalized spacial score (nSPS) is 33.9. The van der Waals surface area contributed by atoms with Gasteiger partial charge in [-0.1, -0.05) is 20.8 Å². The molecule has 0 bridgehead atoms. The second-order valence-corrected chi connectivity index (χ2v) is 6.06. The fourth-order valence-corrected chi connectivity index (χ4v) is 2.99. The maximum atomic E-state index is 10.8. The van der Waals surface area contributed by atoms with Gasteiger partial charge in [0.25, 0.3) is 0 Å². The van der Waals surface area contributed by atoms with Crippen LogP contribution < -0.4 is 0 Å². The van der Waals surface area contributed by atoms with E-state index in [1.165, 1.54) is 0 Å². The third-order valence-electron chi connectivity index (χ3n) is 4.07. The van der Waals surface area contributed by atoms with Crippen LogP contribution in [0.2, 0.25) is 0 Å². The van der Waals surface area contributed by atoms with E-state index in [4.69, 9.17) is 0 Å². The molecular weight excluding hydrogens is 200 g/mol. The highest BCUT2D eigenvalue weighted by molar-refractivity contribution is 5.09. The monoisotopic (exact) mass is 222 g/mol. The summed E-state index contributed by atoms with van der Waals surface area (Å²) in [4.78, 5) is 4.32. The SMILES string of the molecule is CC1CC(C)(C)CCC1(O)c1nccn1C. The molecule has 90 valence electrons. The number of hydrogen-bond acceptors (Lipinski definition) is 2. The number of rotatable bonds is 1. The van der Waals surface area contributed by atoms with E-state index >= 15 is 0 Å². The van der Waals surface area contributed by atoms with Crippen molar-refractivity contribution in [2.24, 2.45) is 18.4 Å². The van der Waals surface area contributed by atoms with Gasteiger partial charge in [-0.3, -0.25) is 0 Å². The maximum Gasteiger partial charge on any atom is 0.140 e. The molecule has 1 aliphatic carbocycles. The summed E-state index contributed by atoms with van der Waals surface area (Å²) in [5, 5.41) is 10.8. The van der Waals surface area contributed by atoms with Gasteiger partial charge in [-0.25, -0.2) is 4.98 Å². The number of hydrogen-bond donors (Lipinski definition) is 1. The van der Waals surface area contributed by atoms with E-state index in [0.29, 0.717) is 5.41 Å². The third-order valence-corrected chi connectivity index (χ3v) is 4.07. The third kappa shape index (κ3) is 1.77. The molecule has 1 aliphatic rings. The van der Waals surface area contributed by atoms with Gasteiger partial charge in [-0.15, -0.1) is 0 Å². The minimum atomic E-state index is -0.742. The Bertz CT molecular complexity index is 383. The van der Waals surface area contributed by atoms with Gasteiger partial charge in [0, 0.05) is 19.4 Å². The van der Waals surface area contributed by atoms with Crippen molar-refractivity contribution >= 4 is 0 Å². The lowest BCUT2D eigenvalue weighted by molar-refractivity contribution is -0.0849. The molecule has 1 heterocycles. The lowest BCUT2D eigenvalue weighted by atomic mass is 9.65. The quantitative estimate of drug-likeness (QED) is 0.792. The molecule has 0 saturated heterocycles. The molecule has 2 atom stereocenters. The summed E-state index contributed by atoms with van der Waals surface area (Å²) in [6, 6.07) is 0. The Hall–Kier alpha value is -0.830. The van der Waals surface area contributed by atoms with Gasteiger partial charge in [0.2, 0.25) is 0 Å². The predicted molar refractivity (Wildman–Crippen MR) is 63.9 cm³/mol. The van der Waals surface area contributed by atoms with Crippen LogP contribution in [-0.4, -0.2) is 14.7 Å². The Morgan fingerprint density at radius 1 is 1.44 bits per heavy atom. The first-order chi connectivity index (χ1) is 7.35. The van der Waals surface area contributed by atoms with Gasteiger partial charge in [-0.05, 0) is 30.6 Å². The number of aliphatic hydroxyl groups is 1. The minimum Gasteiger partial charge on any atom is -0.382 e. The Morgan fingerprint density at radius 3 is 2.62 bits per heavy atom. The molecule has 0 amide bonds. The van der Waals surface area contributed by atoms with Gasteiger partial charge < -0.3 is 9.67 Å². The summed E-state index contributed by atoms with van der Waals surface area (Å²) >= 11 is 0. The van der Waals surface area contributed by atoms with Crippen LogP contribution in [0.25, 0.3) is 0 Å². The van der Waals surface area contributed by atoms with E-state index in [1.54, 1.807) is 6.20 Å². The van der Waals surface area contributed by atoms with Crippen LogP contribution in [0.3, 0.4) is 0 Å². The van der Waals surface area contributed by atoms with E-state index in [2.05, 4.69) is 25.8 Å². The van der Waals surface area contributed by atoms with E-state index in [1.807, 2.05) is 17.8 Å². The van der Waals surface area contributed by atoms with E-state index in [-0.39, 0.29) is 5.92 Å². The first kappa shape index (κ1) is 11.6. The molecule has 0 radical (unpaired) electrons. The van der Waals surface area contributed by atoms with Crippen LogP contribution in [0.4, 0.5) is 0 Å². The zero-order chi connectivity index (χ0) is 12.0. The van der Waals surface area contributed by atoms with Crippen LogP contribution >= 0.6 is 0 Å². The van der Waals surface area contributed by atoms with Gasteiger partial charge >= 0.3 is 0 Å². The smallest absolute Gasteiger partial charge is 0.140 e. The number of nitrogens with zero attached hydrogens (tertiary/aromatic N) is 2. The summed E-state index contributed by atoms with van der Waals surface area (Å²) in [6.07, 6.45) is 6.59. The number of aryl methyl sites for hydroxylation is 1. The molecule has 1 aromatic rings. The lowest BCUT2D eigenvalue weighted by Gasteiger charge is -2.44. The summed E-state index contributed by atoms with van der Waals surface area (Å²) in [5.74, 6) is 1.08. The van der Waals surface area contributed by atoms with Crippen molar-refractivity contribution in [2.75, 3.05) is 0 Å². The molecular formula is C13H22N2O. The average molecular weight is 222 g/mol. The van der Waals surface area contributed by atoms with Crippen LogP contribution in [0.15, 0.2) is 12.4 Å². The van der Waals surface area contributed by atoms with E-state index in [9.17, 15) is 5.11 Å². The van der Waals surface area contributed by atoms with Crippen LogP contribution in [-0.2, 0) is 12.6 Å². The standard InChI is InChI=1S/C13H22N2O/c1-10-9-12(2,3)5-6-13(10,16)11-14-7-8-15(11)4/h7-8,10,16H,5-6,9H2,1-4H3. The van der Waals surface area contributed by atoms with Crippen molar-refractivity contribution < 1.29 is 5.11 Å². The fraction of sp³-hybridized carbons (Fsp3) is 0.769. The molecule has 1 N–H and O–H groups in total. The molecule has 2 unspecified atom stereocenters. The summed E-state index contributed by atoms with van der Waals surface area (Å²) in [5.41, 5.74) is -0.398. The molecule has 1 saturated carbocycles. The van der Waals surface area contributed by atoms with E-state index < -0.39 is 5.60 Å². The molecule has 0 aromatic carbocycles. The molecule has 3 nitrogen and oxygen atoms in total. The zero-order valence-corrected chi connectivity index (χ0v) is 10.7. The van der Waals surface area contributed by atoms with Crippen molar-refractivity contribution in [3.05, 3.63) is 18.2 Å². The molecule has 0 spiro atoms. The molecule has 1 fully saturated rings. The second-order valence-electron chi connectivity index (χ2n) is 6.06. The Morgan fingerprint density at radius 2 is 2.12 bits per heavy atom. The maximum absolute atomic E-state index is 10.8. The van der Waals surface area contributed by atoms with Gasteiger partial charge in [0.1, 0.15) is 11.4 Å². The predicted octanol–water partition coefficient (Wildman–Crippen LogP) is 2.45. The van der Waals surface area contributed by atoms with Gasteiger partial charge in [-0.2, -0.15) is 0 Å². The number of aromatic nitrogens is 2. The summed E-state index contributed by atoms with van der Waals surface area (Å²) < 4.78 is 1.94. The van der Waals surface area contributed by atoms with Crippen LogP contribution in [0.5, 0.6) is 0 Å². The van der Waals surface area contributed by atoms with Crippen LogP contribution in [0, 0.1) is 11.3 Å². The lowest BCUT2D eigenvalue weighted by Crippen LogP contribution is -2.43. The van der Waals surface area contributed by atoms with Crippen molar-refractivity contribution in [2.45, 2.75) is 45.6 Å². The first-order valence-corrected chi connectivity index (χ1v) is 6.05. The Kier molecular flexibility index (Phi) is 2.61. The molecule has 1 aromatic heterocycles. The first-order valence-electron chi connectivity index (χ1n) is 6.05. The highest BCUT2D eigenvalue weighted by Crippen LogP contribution is 2.47. The largest absolute Gasteiger partial charge is 0.382 e. The highest BCUT2D eigenvalue weighted by atomic mass is 16.3. The Labute approximate surface area is 97.5 Å². The van der Waals surface area contributed by atoms with Crippen molar-refractivity contribution in [1.29, 1.82) is 0 Å². The van der Waals surface area contributed by atoms with Crippen molar-refractivity contribution in [1.82, 2.24) is 9.55 Å². The molecule has 16 heavy (non-hydrogen) atoms. The summed E-state index contributed by atoms with van der Waals surface area (Å²) in [6.45, 7) is 6.69. The molecule has 2 rings (SSSR count). The van der Waals surface area contributed by atoms with Crippen LogP contribution in [0.1, 0.15) is 45.9 Å². The van der Waals surface area contributed by atoms with Gasteiger partial charge in [0.05, 0.1) is 0 Å². The minimum absolute atomic E-state index is 0.261. The summed E-state index contributed by atoms with van der Waals surface area (Å²) in [7, 11) is 1.95. The highest BCUT2D eigenvalue weighted by Gasteiger charge is 2.45. The van der Waals surface area contributed by atoms with E-state index in [0.717, 1.165) is 25.1 Å². The van der Waals surface area contributed by atoms with Gasteiger partial charge in [0.15, 0.2) is 0 Å². The van der Waals surface area contributed by atoms with Crippen molar-refractivity contribution in [3.63, 3.8) is 0 Å². The zero-order valence-electron chi connectivity index (χ0n) is 10.7. The fourth-order valence-electron chi connectivity index (χ4n) is 2.99. The molecule has 0 aliphatic heterocycles.